The molecule has 0 fully saturated rings. The monoisotopic (exact) mass is 247 g/mol. The average Bonchev–Trinajstić information content (AvgIpc) is 2.26. The zero-order chi connectivity index (χ0) is 12.9. The molecule has 0 bridgehead atoms. The third kappa shape index (κ3) is 5.16. The Hall–Kier alpha value is -1.11. The lowest BCUT2D eigenvalue weighted by molar-refractivity contribution is 0.120. The van der Waals surface area contributed by atoms with E-state index >= 15 is 0 Å². The van der Waals surface area contributed by atoms with E-state index in [1.54, 1.807) is 0 Å². The van der Waals surface area contributed by atoms with Crippen LogP contribution in [0.5, 0.6) is 0 Å². The van der Waals surface area contributed by atoms with Gasteiger partial charge in [0.1, 0.15) is 0 Å². The minimum atomic E-state index is -1.67. The van der Waals surface area contributed by atoms with Crippen molar-refractivity contribution in [1.82, 2.24) is 0 Å². The van der Waals surface area contributed by atoms with Gasteiger partial charge in [-0.3, -0.25) is 4.85 Å². The Morgan fingerprint density at radius 2 is 1.82 bits per heavy atom. The molecule has 0 aromatic heterocycles. The first-order chi connectivity index (χ1) is 7.85. The third-order valence-corrected chi connectivity index (χ3v) is 3.54. The molecular formula is C14H21NOSi. The van der Waals surface area contributed by atoms with Crippen molar-refractivity contribution in [2.24, 2.45) is 0 Å². The van der Waals surface area contributed by atoms with Crippen LogP contribution < -0.4 is 0 Å². The second-order valence-corrected chi connectivity index (χ2v) is 9.92. The molecule has 0 aliphatic rings. The Kier molecular flexibility index (Phi) is 4.50. The van der Waals surface area contributed by atoms with Crippen molar-refractivity contribution in [1.29, 1.82) is 0 Å². The van der Waals surface area contributed by atoms with Gasteiger partial charge in [-0.1, -0.05) is 30.3 Å². The highest BCUT2D eigenvalue weighted by Gasteiger charge is 2.36. The Labute approximate surface area is 106 Å². The highest BCUT2D eigenvalue weighted by Crippen LogP contribution is 2.24. The molecule has 0 amide bonds. The molecule has 1 atom stereocenters. The van der Waals surface area contributed by atoms with Gasteiger partial charge in [-0.15, -0.1) is 0 Å². The summed E-state index contributed by atoms with van der Waals surface area (Å²) >= 11 is 0. The Morgan fingerprint density at radius 3 is 2.29 bits per heavy atom. The molecule has 17 heavy (non-hydrogen) atoms. The van der Waals surface area contributed by atoms with Crippen LogP contribution in [0.2, 0.25) is 19.6 Å². The highest BCUT2D eigenvalue weighted by atomic mass is 28.4. The molecule has 92 valence electrons. The number of hydrogen-bond acceptors (Lipinski definition) is 1. The maximum absolute atomic E-state index is 7.32. The topological polar surface area (TPSA) is 13.6 Å². The third-order valence-electron chi connectivity index (χ3n) is 2.48. The van der Waals surface area contributed by atoms with Crippen molar-refractivity contribution < 1.29 is 4.43 Å². The first-order valence-corrected chi connectivity index (χ1v) is 9.38. The number of nitrogens with zero attached hydrogens (tertiary/aromatic N) is 1. The molecule has 1 unspecified atom stereocenters. The smallest absolute Gasteiger partial charge is 0.325 e. The summed E-state index contributed by atoms with van der Waals surface area (Å²) < 4.78 is 5.98. The van der Waals surface area contributed by atoms with E-state index in [4.69, 9.17) is 11.0 Å². The van der Waals surface area contributed by atoms with E-state index < -0.39 is 14.0 Å². The molecular weight excluding hydrogens is 226 g/mol. The van der Waals surface area contributed by atoms with Gasteiger partial charge in [0, 0.05) is 6.92 Å². The summed E-state index contributed by atoms with van der Waals surface area (Å²) in [5.74, 6) is 0. The van der Waals surface area contributed by atoms with Crippen molar-refractivity contribution in [2.75, 3.05) is 0 Å². The van der Waals surface area contributed by atoms with Crippen LogP contribution in [0.15, 0.2) is 30.3 Å². The minimum Gasteiger partial charge on any atom is -0.351 e. The first kappa shape index (κ1) is 13.9. The molecule has 0 aliphatic heterocycles. The average molecular weight is 247 g/mol. The lowest BCUT2D eigenvalue weighted by atomic mass is 10.0. The van der Waals surface area contributed by atoms with Gasteiger partial charge in [0.2, 0.25) is 0 Å². The van der Waals surface area contributed by atoms with Gasteiger partial charge in [0.25, 0.3) is 0 Å². The van der Waals surface area contributed by atoms with Crippen LogP contribution in [0.4, 0.5) is 0 Å². The zero-order valence-electron chi connectivity index (χ0n) is 11.2. The van der Waals surface area contributed by atoms with Crippen molar-refractivity contribution in [2.45, 2.75) is 45.1 Å². The van der Waals surface area contributed by atoms with Crippen LogP contribution >= 0.6 is 0 Å². The number of aryl methyl sites for hydroxylation is 1. The van der Waals surface area contributed by atoms with Gasteiger partial charge in [-0.25, -0.2) is 6.57 Å². The summed E-state index contributed by atoms with van der Waals surface area (Å²) in [6.07, 6.45) is 1.65. The summed E-state index contributed by atoms with van der Waals surface area (Å²) in [4.78, 5) is 3.68. The van der Waals surface area contributed by atoms with Gasteiger partial charge >= 0.3 is 5.72 Å². The molecule has 2 nitrogen and oxygen atoms in total. The predicted molar refractivity (Wildman–Crippen MR) is 74.2 cm³/mol. The van der Waals surface area contributed by atoms with E-state index in [0.29, 0.717) is 0 Å². The molecule has 1 rings (SSSR count). The van der Waals surface area contributed by atoms with Gasteiger partial charge in [0.05, 0.1) is 6.42 Å². The van der Waals surface area contributed by atoms with Crippen molar-refractivity contribution in [3.63, 3.8) is 0 Å². The van der Waals surface area contributed by atoms with Gasteiger partial charge < -0.3 is 4.43 Å². The molecule has 0 heterocycles. The van der Waals surface area contributed by atoms with E-state index in [9.17, 15) is 0 Å². The first-order valence-electron chi connectivity index (χ1n) is 5.97. The Morgan fingerprint density at radius 1 is 1.24 bits per heavy atom. The second-order valence-electron chi connectivity index (χ2n) is 5.49. The predicted octanol–water partition coefficient (Wildman–Crippen LogP) is 4.11. The van der Waals surface area contributed by atoms with E-state index in [2.05, 4.69) is 36.6 Å². The number of hydrogen-bond donors (Lipinski definition) is 0. The minimum absolute atomic E-state index is 0.666. The van der Waals surface area contributed by atoms with Crippen LogP contribution in [0.3, 0.4) is 0 Å². The normalized spacial score (nSPS) is 15.0. The van der Waals surface area contributed by atoms with Crippen molar-refractivity contribution in [3.8, 4) is 0 Å². The van der Waals surface area contributed by atoms with E-state index in [0.717, 1.165) is 12.8 Å². The summed E-state index contributed by atoms with van der Waals surface area (Å²) in [5, 5.41) is 0. The van der Waals surface area contributed by atoms with Crippen LogP contribution in [0, 0.1) is 6.57 Å². The highest BCUT2D eigenvalue weighted by molar-refractivity contribution is 6.69. The number of rotatable bonds is 5. The van der Waals surface area contributed by atoms with Gasteiger partial charge in [-0.2, -0.15) is 0 Å². The number of benzene rings is 1. The molecule has 0 N–H and O–H groups in total. The summed E-state index contributed by atoms with van der Waals surface area (Å²) in [6, 6.07) is 10.3. The summed E-state index contributed by atoms with van der Waals surface area (Å²) in [7, 11) is -1.67. The Bertz CT molecular complexity index is 391. The van der Waals surface area contributed by atoms with E-state index in [-0.39, 0.29) is 0 Å². The molecule has 1 aromatic carbocycles. The van der Waals surface area contributed by atoms with Crippen LogP contribution in [-0.2, 0) is 10.8 Å². The Balaban J connectivity index is 2.62. The standard InChI is InChI=1S/C14H21NOSi/c1-14(15-2,16-17(3,4)5)12-11-13-9-7-6-8-10-13/h6-10H,11-12H2,1,3-5H3. The lowest BCUT2D eigenvalue weighted by Crippen LogP contribution is -2.38. The quantitative estimate of drug-likeness (QED) is 0.564. The molecule has 0 aliphatic carbocycles. The van der Waals surface area contributed by atoms with Gasteiger partial charge in [-0.05, 0) is 31.6 Å². The SMILES string of the molecule is [C-]#[N+]C(C)(CCc1ccccc1)O[Si](C)(C)C. The fourth-order valence-electron chi connectivity index (χ4n) is 1.81. The van der Waals surface area contributed by atoms with E-state index in [1.165, 1.54) is 5.56 Å². The maximum Gasteiger partial charge on any atom is 0.325 e. The molecule has 3 heteroatoms. The zero-order valence-corrected chi connectivity index (χ0v) is 12.2. The fourth-order valence-corrected chi connectivity index (χ4v) is 3.28. The van der Waals surface area contributed by atoms with Crippen LogP contribution in [-0.4, -0.2) is 14.0 Å². The fraction of sp³-hybridized carbons (Fsp3) is 0.500. The van der Waals surface area contributed by atoms with Gasteiger partial charge in [0.15, 0.2) is 8.32 Å². The lowest BCUT2D eigenvalue weighted by Gasteiger charge is -2.26. The van der Waals surface area contributed by atoms with Crippen LogP contribution in [0.25, 0.3) is 4.85 Å². The maximum atomic E-state index is 7.32. The largest absolute Gasteiger partial charge is 0.351 e. The van der Waals surface area contributed by atoms with Crippen molar-refractivity contribution >= 4 is 8.32 Å². The molecule has 1 aromatic rings. The van der Waals surface area contributed by atoms with Crippen molar-refractivity contribution in [3.05, 3.63) is 47.3 Å². The summed E-state index contributed by atoms with van der Waals surface area (Å²) in [5.41, 5.74) is 0.599. The molecule has 0 radical (unpaired) electrons. The van der Waals surface area contributed by atoms with Crippen LogP contribution in [0.1, 0.15) is 18.9 Å². The van der Waals surface area contributed by atoms with E-state index in [1.807, 2.05) is 25.1 Å². The second kappa shape index (κ2) is 5.48. The molecule has 0 spiro atoms. The molecule has 0 saturated heterocycles. The summed E-state index contributed by atoms with van der Waals surface area (Å²) in [6.45, 7) is 15.6. The molecule has 0 saturated carbocycles.